The van der Waals surface area contributed by atoms with Crippen LogP contribution >= 0.6 is 0 Å². The quantitative estimate of drug-likeness (QED) is 0.885. The van der Waals surface area contributed by atoms with Crippen LogP contribution in [0.2, 0.25) is 0 Å². The molecular weight excluding hydrogens is 232 g/mol. The molecule has 2 aliphatic carbocycles. The Kier molecular flexibility index (Phi) is 2.59. The number of aromatic nitrogens is 1. The highest BCUT2D eigenvalue weighted by atomic mass is 14.7. The number of nitrogens with zero attached hydrogens (tertiary/aromatic N) is 1. The molecule has 0 saturated heterocycles. The number of nitrogens with two attached hydrogens (primary N) is 1. The van der Waals surface area contributed by atoms with E-state index in [1.54, 1.807) is 0 Å². The smallest absolute Gasteiger partial charge is 0.0705 e. The molecule has 0 bridgehead atoms. The lowest BCUT2D eigenvalue weighted by atomic mass is 9.97. The number of hydrogen-bond acceptors (Lipinski definition) is 2. The van der Waals surface area contributed by atoms with E-state index in [1.165, 1.54) is 36.6 Å². The van der Waals surface area contributed by atoms with Crippen molar-refractivity contribution in [2.45, 2.75) is 31.7 Å². The van der Waals surface area contributed by atoms with Crippen LogP contribution in [-0.2, 0) is 0 Å². The maximum atomic E-state index is 6.60. The topological polar surface area (TPSA) is 38.9 Å². The Labute approximate surface area is 114 Å². The van der Waals surface area contributed by atoms with Crippen molar-refractivity contribution in [2.75, 3.05) is 0 Å². The fourth-order valence-electron chi connectivity index (χ4n) is 4.21. The summed E-state index contributed by atoms with van der Waals surface area (Å²) in [6.07, 6.45) is 7.45. The second kappa shape index (κ2) is 4.31. The molecule has 2 N–H and O–H groups in total. The summed E-state index contributed by atoms with van der Waals surface area (Å²) < 4.78 is 0. The Morgan fingerprint density at radius 1 is 1.05 bits per heavy atom. The summed E-state index contributed by atoms with van der Waals surface area (Å²) in [6, 6.07) is 10.7. The molecule has 1 aromatic heterocycles. The zero-order chi connectivity index (χ0) is 12.8. The maximum Gasteiger partial charge on any atom is 0.0705 e. The lowest BCUT2D eigenvalue weighted by Gasteiger charge is -2.14. The van der Waals surface area contributed by atoms with Crippen LogP contribution < -0.4 is 5.73 Å². The van der Waals surface area contributed by atoms with Gasteiger partial charge in [0.25, 0.3) is 0 Å². The molecule has 2 saturated carbocycles. The summed E-state index contributed by atoms with van der Waals surface area (Å²) >= 11 is 0. The first-order chi connectivity index (χ1) is 9.36. The lowest BCUT2D eigenvalue weighted by Crippen LogP contribution is -2.14. The summed E-state index contributed by atoms with van der Waals surface area (Å²) in [5, 5.41) is 1.24. The van der Waals surface area contributed by atoms with Crippen LogP contribution in [-0.4, -0.2) is 4.98 Å². The summed E-state index contributed by atoms with van der Waals surface area (Å²) in [4.78, 5) is 4.44. The van der Waals surface area contributed by atoms with Gasteiger partial charge in [-0.25, -0.2) is 0 Å². The van der Waals surface area contributed by atoms with Gasteiger partial charge in [-0.1, -0.05) is 31.0 Å². The molecule has 19 heavy (non-hydrogen) atoms. The maximum absolute atomic E-state index is 6.60. The van der Waals surface area contributed by atoms with Crippen LogP contribution in [0.3, 0.4) is 0 Å². The number of pyridine rings is 1. The number of hydrogen-bond donors (Lipinski definition) is 1. The Hall–Kier alpha value is -1.41. The fraction of sp³-hybridized carbons (Fsp3) is 0.471. The summed E-state index contributed by atoms with van der Waals surface area (Å²) in [5.41, 5.74) is 8.96. The molecule has 0 amide bonds. The van der Waals surface area contributed by atoms with Crippen LogP contribution in [0.15, 0.2) is 36.5 Å². The van der Waals surface area contributed by atoms with Crippen LogP contribution in [0.1, 0.15) is 37.3 Å². The SMILES string of the molecule is NC(c1cccc2ncccc12)C1C2CCCCC21. The van der Waals surface area contributed by atoms with E-state index in [-0.39, 0.29) is 6.04 Å². The van der Waals surface area contributed by atoms with E-state index >= 15 is 0 Å². The van der Waals surface area contributed by atoms with Gasteiger partial charge in [0.1, 0.15) is 0 Å². The van der Waals surface area contributed by atoms with Gasteiger partial charge in [0.15, 0.2) is 0 Å². The fourth-order valence-corrected chi connectivity index (χ4v) is 4.21. The molecule has 2 heteroatoms. The third-order valence-electron chi connectivity index (χ3n) is 5.18. The summed E-state index contributed by atoms with van der Waals surface area (Å²) in [7, 11) is 0. The van der Waals surface area contributed by atoms with Crippen molar-refractivity contribution in [3.05, 3.63) is 42.1 Å². The third kappa shape index (κ3) is 1.78. The van der Waals surface area contributed by atoms with Gasteiger partial charge < -0.3 is 5.73 Å². The molecule has 2 nitrogen and oxygen atoms in total. The molecular formula is C17H20N2. The Morgan fingerprint density at radius 2 is 1.84 bits per heavy atom. The van der Waals surface area contributed by atoms with E-state index < -0.39 is 0 Å². The minimum atomic E-state index is 0.195. The number of benzene rings is 1. The van der Waals surface area contributed by atoms with Gasteiger partial charge in [0.2, 0.25) is 0 Å². The van der Waals surface area contributed by atoms with Crippen molar-refractivity contribution in [1.82, 2.24) is 4.98 Å². The van der Waals surface area contributed by atoms with E-state index in [4.69, 9.17) is 5.73 Å². The highest BCUT2D eigenvalue weighted by Gasteiger charge is 2.53. The Morgan fingerprint density at radius 3 is 2.63 bits per heavy atom. The average Bonchev–Trinajstić information content (AvgIpc) is 3.20. The number of fused-ring (bicyclic) bond motifs is 2. The molecule has 0 aliphatic heterocycles. The normalized spacial score (nSPS) is 30.9. The first-order valence-corrected chi connectivity index (χ1v) is 7.45. The van der Waals surface area contributed by atoms with Gasteiger partial charge in [-0.3, -0.25) is 4.98 Å². The largest absolute Gasteiger partial charge is 0.324 e. The van der Waals surface area contributed by atoms with Crippen LogP contribution in [0.5, 0.6) is 0 Å². The van der Waals surface area contributed by atoms with Crippen molar-refractivity contribution in [3.63, 3.8) is 0 Å². The molecule has 0 radical (unpaired) electrons. The first kappa shape index (κ1) is 11.4. The monoisotopic (exact) mass is 252 g/mol. The molecule has 1 aromatic carbocycles. The molecule has 4 rings (SSSR count). The van der Waals surface area contributed by atoms with E-state index in [0.29, 0.717) is 5.92 Å². The standard InChI is InChI=1S/C17H20N2/c18-17(16-12-5-1-2-6-13(12)16)14-7-3-9-15-11(14)8-4-10-19-15/h3-4,7-10,12-13,16-17H,1-2,5-6,18H2. The first-order valence-electron chi connectivity index (χ1n) is 7.45. The average molecular weight is 252 g/mol. The number of rotatable bonds is 2. The molecule has 2 aromatic rings. The zero-order valence-electron chi connectivity index (χ0n) is 11.1. The van der Waals surface area contributed by atoms with Gasteiger partial charge in [0.05, 0.1) is 5.52 Å². The summed E-state index contributed by atoms with van der Waals surface area (Å²) in [6.45, 7) is 0. The minimum Gasteiger partial charge on any atom is -0.324 e. The molecule has 3 atom stereocenters. The van der Waals surface area contributed by atoms with Crippen molar-refractivity contribution in [3.8, 4) is 0 Å². The highest BCUT2D eigenvalue weighted by Crippen LogP contribution is 2.60. The lowest BCUT2D eigenvalue weighted by molar-refractivity contribution is 0.480. The van der Waals surface area contributed by atoms with Crippen molar-refractivity contribution < 1.29 is 0 Å². The van der Waals surface area contributed by atoms with Gasteiger partial charge in [-0.15, -0.1) is 0 Å². The molecule has 2 fully saturated rings. The Bertz CT molecular complexity index is 590. The van der Waals surface area contributed by atoms with E-state index in [0.717, 1.165) is 17.4 Å². The van der Waals surface area contributed by atoms with Crippen LogP contribution in [0.4, 0.5) is 0 Å². The van der Waals surface area contributed by atoms with Gasteiger partial charge in [-0.2, -0.15) is 0 Å². The minimum absolute atomic E-state index is 0.195. The molecule has 2 aliphatic rings. The zero-order valence-corrected chi connectivity index (χ0v) is 11.1. The predicted molar refractivity (Wildman–Crippen MR) is 77.6 cm³/mol. The summed E-state index contributed by atoms with van der Waals surface area (Å²) in [5.74, 6) is 2.51. The van der Waals surface area contributed by atoms with Crippen molar-refractivity contribution in [1.29, 1.82) is 0 Å². The van der Waals surface area contributed by atoms with E-state index in [9.17, 15) is 0 Å². The van der Waals surface area contributed by atoms with Crippen LogP contribution in [0.25, 0.3) is 10.9 Å². The molecule has 1 heterocycles. The second-order valence-corrected chi connectivity index (χ2v) is 6.13. The van der Waals surface area contributed by atoms with Crippen molar-refractivity contribution >= 4 is 10.9 Å². The Balaban J connectivity index is 1.71. The third-order valence-corrected chi connectivity index (χ3v) is 5.18. The van der Waals surface area contributed by atoms with E-state index in [2.05, 4.69) is 29.2 Å². The highest BCUT2D eigenvalue weighted by molar-refractivity contribution is 5.82. The van der Waals surface area contributed by atoms with E-state index in [1.807, 2.05) is 12.3 Å². The molecule has 3 unspecified atom stereocenters. The van der Waals surface area contributed by atoms with Gasteiger partial charge in [0, 0.05) is 17.6 Å². The molecule has 98 valence electrons. The second-order valence-electron chi connectivity index (χ2n) is 6.13. The molecule has 0 spiro atoms. The van der Waals surface area contributed by atoms with Gasteiger partial charge in [-0.05, 0) is 48.3 Å². The predicted octanol–water partition coefficient (Wildman–Crippen LogP) is 3.67. The van der Waals surface area contributed by atoms with Crippen molar-refractivity contribution in [2.24, 2.45) is 23.5 Å². The van der Waals surface area contributed by atoms with Crippen LogP contribution in [0, 0.1) is 17.8 Å². The van der Waals surface area contributed by atoms with Gasteiger partial charge >= 0.3 is 0 Å².